The summed E-state index contributed by atoms with van der Waals surface area (Å²) in [6.07, 6.45) is 1.88. The Morgan fingerprint density at radius 3 is 2.81 bits per heavy atom. The molecule has 0 fully saturated rings. The number of aromatic hydroxyl groups is 1. The minimum atomic E-state index is -0.545. The Bertz CT molecular complexity index is 946. The number of aliphatic imine (C=N–C) groups is 1. The lowest BCUT2D eigenvalue weighted by molar-refractivity contribution is 0.188. The Morgan fingerprint density at radius 1 is 1.42 bits per heavy atom. The second kappa shape index (κ2) is 8.86. The lowest BCUT2D eigenvalue weighted by Crippen LogP contribution is -2.26. The lowest BCUT2D eigenvalue weighted by Gasteiger charge is -2.13. The molecule has 6 nitrogen and oxygen atoms in total. The second-order valence-corrected chi connectivity index (χ2v) is 6.27. The highest BCUT2D eigenvalue weighted by atomic mass is 35.5. The molecule has 136 valence electrons. The molecule has 2 aromatic rings. The number of hydrogen-bond acceptors (Lipinski definition) is 5. The fraction of sp³-hybridized carbons (Fsp3) is 0.278. The molecule has 8 heteroatoms. The summed E-state index contributed by atoms with van der Waals surface area (Å²) in [7, 11) is 1.55. The maximum atomic E-state index is 12.4. The van der Waals surface area contributed by atoms with Crippen LogP contribution in [0.3, 0.4) is 0 Å². The van der Waals surface area contributed by atoms with Gasteiger partial charge >= 0.3 is 0 Å². The van der Waals surface area contributed by atoms with E-state index in [-0.39, 0.29) is 28.6 Å². The molecular weight excluding hydrogens is 377 g/mol. The molecule has 0 aliphatic heterocycles. The molecule has 0 radical (unpaired) electrons. The number of hydrogen-bond donors (Lipinski definition) is 1. The van der Waals surface area contributed by atoms with Crippen molar-refractivity contribution in [2.24, 2.45) is 4.99 Å². The molecule has 0 saturated heterocycles. The Labute approximate surface area is 160 Å². The van der Waals surface area contributed by atoms with E-state index in [1.807, 2.05) is 6.07 Å². The van der Waals surface area contributed by atoms with Crippen LogP contribution in [0.15, 0.2) is 28.0 Å². The molecule has 0 saturated carbocycles. The molecule has 0 bridgehead atoms. The number of ether oxygens (including phenoxy) is 1. The van der Waals surface area contributed by atoms with Crippen molar-refractivity contribution in [1.82, 2.24) is 4.57 Å². The Balaban J connectivity index is 2.55. The molecule has 1 heterocycles. The maximum absolute atomic E-state index is 12.4. The van der Waals surface area contributed by atoms with E-state index >= 15 is 0 Å². The van der Waals surface area contributed by atoms with Gasteiger partial charge in [-0.25, -0.2) is 0 Å². The van der Waals surface area contributed by atoms with Crippen LogP contribution in [-0.2, 0) is 11.3 Å². The van der Waals surface area contributed by atoms with Gasteiger partial charge in [0.05, 0.1) is 21.3 Å². The van der Waals surface area contributed by atoms with Crippen molar-refractivity contribution in [3.63, 3.8) is 0 Å². The standard InChI is InChI=1S/C18H17Cl2N3O3/c1-11-12(9-21)17(24)23(7-4-8-26-2)18(25)13(11)10-22-15-6-3-5-14(19)16(15)20/h3,5-6,10,25H,4,7-8H2,1-2H3. The highest BCUT2D eigenvalue weighted by molar-refractivity contribution is 6.43. The van der Waals surface area contributed by atoms with Gasteiger partial charge in [0.2, 0.25) is 5.88 Å². The molecule has 1 aromatic carbocycles. The van der Waals surface area contributed by atoms with Gasteiger partial charge in [0.1, 0.15) is 11.6 Å². The first-order valence-corrected chi connectivity index (χ1v) is 8.51. The third-order valence-corrected chi connectivity index (χ3v) is 4.65. The Kier molecular flexibility index (Phi) is 6.81. The molecule has 0 aliphatic carbocycles. The number of aromatic nitrogens is 1. The van der Waals surface area contributed by atoms with Crippen LogP contribution in [0.2, 0.25) is 10.0 Å². The maximum Gasteiger partial charge on any atom is 0.271 e. The molecule has 0 aliphatic rings. The summed E-state index contributed by atoms with van der Waals surface area (Å²) in [5.41, 5.74) is 0.443. The minimum Gasteiger partial charge on any atom is -0.494 e. The first-order valence-electron chi connectivity index (χ1n) is 7.75. The van der Waals surface area contributed by atoms with Crippen LogP contribution >= 0.6 is 23.2 Å². The van der Waals surface area contributed by atoms with Crippen LogP contribution in [0.5, 0.6) is 5.88 Å². The van der Waals surface area contributed by atoms with Gasteiger partial charge in [-0.3, -0.25) is 14.4 Å². The predicted octanol–water partition coefficient (Wildman–Crippen LogP) is 3.83. The number of pyridine rings is 1. The van der Waals surface area contributed by atoms with E-state index in [1.165, 1.54) is 6.21 Å². The van der Waals surface area contributed by atoms with Gasteiger partial charge in [-0.05, 0) is 31.0 Å². The number of halogens is 2. The monoisotopic (exact) mass is 393 g/mol. The van der Waals surface area contributed by atoms with Crippen molar-refractivity contribution in [3.8, 4) is 11.9 Å². The third kappa shape index (κ3) is 4.07. The summed E-state index contributed by atoms with van der Waals surface area (Å²) < 4.78 is 6.11. The minimum absolute atomic E-state index is 0.0427. The molecule has 0 spiro atoms. The summed E-state index contributed by atoms with van der Waals surface area (Å²) in [4.78, 5) is 16.7. The van der Waals surface area contributed by atoms with E-state index in [0.717, 1.165) is 4.57 Å². The zero-order valence-electron chi connectivity index (χ0n) is 14.3. The van der Waals surface area contributed by atoms with Crippen LogP contribution in [0.4, 0.5) is 5.69 Å². The highest BCUT2D eigenvalue weighted by Crippen LogP contribution is 2.32. The van der Waals surface area contributed by atoms with Crippen molar-refractivity contribution in [3.05, 3.63) is 55.3 Å². The molecule has 0 unspecified atom stereocenters. The number of methoxy groups -OCH3 is 1. The van der Waals surface area contributed by atoms with Crippen molar-refractivity contribution in [2.45, 2.75) is 19.9 Å². The van der Waals surface area contributed by atoms with Gasteiger partial charge in [-0.2, -0.15) is 5.26 Å². The number of rotatable bonds is 6. The number of nitriles is 1. The van der Waals surface area contributed by atoms with Gasteiger partial charge in [0.25, 0.3) is 5.56 Å². The SMILES string of the molecule is COCCCn1c(O)c(C=Nc2cccc(Cl)c2Cl)c(C)c(C#N)c1=O. The summed E-state index contributed by atoms with van der Waals surface area (Å²) in [6, 6.07) is 6.89. The van der Waals surface area contributed by atoms with E-state index in [1.54, 1.807) is 32.2 Å². The zero-order valence-corrected chi connectivity index (χ0v) is 15.8. The first-order chi connectivity index (χ1) is 12.4. The van der Waals surface area contributed by atoms with E-state index in [2.05, 4.69) is 4.99 Å². The van der Waals surface area contributed by atoms with Gasteiger partial charge in [0, 0.05) is 26.5 Å². The average Bonchev–Trinajstić information content (AvgIpc) is 2.61. The zero-order chi connectivity index (χ0) is 19.3. The van der Waals surface area contributed by atoms with Crippen LogP contribution in [-0.4, -0.2) is 29.6 Å². The van der Waals surface area contributed by atoms with Crippen molar-refractivity contribution in [1.29, 1.82) is 5.26 Å². The quantitative estimate of drug-likeness (QED) is 0.596. The van der Waals surface area contributed by atoms with E-state index < -0.39 is 5.56 Å². The fourth-order valence-corrected chi connectivity index (χ4v) is 2.77. The molecule has 1 aromatic heterocycles. The van der Waals surface area contributed by atoms with Crippen LogP contribution in [0.1, 0.15) is 23.1 Å². The highest BCUT2D eigenvalue weighted by Gasteiger charge is 2.18. The molecule has 2 rings (SSSR count). The molecule has 0 atom stereocenters. The van der Waals surface area contributed by atoms with Crippen molar-refractivity contribution < 1.29 is 9.84 Å². The normalized spacial score (nSPS) is 11.0. The van der Waals surface area contributed by atoms with Gasteiger partial charge in [0.15, 0.2) is 0 Å². The third-order valence-electron chi connectivity index (χ3n) is 3.84. The number of nitrogens with zero attached hydrogens (tertiary/aromatic N) is 3. The molecule has 0 amide bonds. The molecule has 26 heavy (non-hydrogen) atoms. The molecular formula is C18H17Cl2N3O3. The van der Waals surface area contributed by atoms with Gasteiger partial charge < -0.3 is 9.84 Å². The topological polar surface area (TPSA) is 87.6 Å². The number of benzene rings is 1. The van der Waals surface area contributed by atoms with E-state index in [0.29, 0.717) is 29.3 Å². The summed E-state index contributed by atoms with van der Waals surface area (Å²) in [5, 5.41) is 20.5. The van der Waals surface area contributed by atoms with Crippen LogP contribution < -0.4 is 5.56 Å². The van der Waals surface area contributed by atoms with Gasteiger partial charge in [-0.1, -0.05) is 29.3 Å². The van der Waals surface area contributed by atoms with Gasteiger partial charge in [-0.15, -0.1) is 0 Å². The average molecular weight is 394 g/mol. The first kappa shape index (κ1) is 20.0. The van der Waals surface area contributed by atoms with Crippen LogP contribution in [0, 0.1) is 18.3 Å². The predicted molar refractivity (Wildman–Crippen MR) is 102 cm³/mol. The smallest absolute Gasteiger partial charge is 0.271 e. The van der Waals surface area contributed by atoms with Crippen molar-refractivity contribution in [2.75, 3.05) is 13.7 Å². The van der Waals surface area contributed by atoms with E-state index in [9.17, 15) is 15.2 Å². The second-order valence-electron chi connectivity index (χ2n) is 5.48. The van der Waals surface area contributed by atoms with Crippen LogP contribution in [0.25, 0.3) is 0 Å². The van der Waals surface area contributed by atoms with E-state index in [4.69, 9.17) is 27.9 Å². The Hall–Kier alpha value is -2.33. The lowest BCUT2D eigenvalue weighted by atomic mass is 10.1. The Morgan fingerprint density at radius 2 is 2.15 bits per heavy atom. The molecule has 1 N–H and O–H groups in total. The fourth-order valence-electron chi connectivity index (χ4n) is 2.43. The summed E-state index contributed by atoms with van der Waals surface area (Å²) in [6.45, 7) is 2.22. The largest absolute Gasteiger partial charge is 0.494 e. The summed E-state index contributed by atoms with van der Waals surface area (Å²) in [5.74, 6) is -0.260. The van der Waals surface area contributed by atoms with Crippen molar-refractivity contribution >= 4 is 35.1 Å². The summed E-state index contributed by atoms with van der Waals surface area (Å²) >= 11 is 12.1.